The molecule has 0 saturated heterocycles. The van der Waals surface area contributed by atoms with Crippen LogP contribution in [0.3, 0.4) is 0 Å². The summed E-state index contributed by atoms with van der Waals surface area (Å²) in [5.41, 5.74) is 0.771. The Kier molecular flexibility index (Phi) is 7.88. The van der Waals surface area contributed by atoms with Gasteiger partial charge < -0.3 is 19.5 Å². The Labute approximate surface area is 164 Å². The standard InChI is InChI=1S/C20H19F4NO4/c1-12(14-6-3-7-15(11-14)28-19(21)22)25-17(26)10-9-13-5-4-8-16(27-2)18(13)29-20(23)24/h3-12,19-20H,1-2H3,(H,25,26)/b10-9+. The highest BCUT2D eigenvalue weighted by atomic mass is 19.3. The molecule has 2 aromatic rings. The van der Waals surface area contributed by atoms with Gasteiger partial charge >= 0.3 is 13.2 Å². The highest BCUT2D eigenvalue weighted by molar-refractivity contribution is 5.92. The van der Waals surface area contributed by atoms with Crippen LogP contribution >= 0.6 is 0 Å². The largest absolute Gasteiger partial charge is 0.493 e. The van der Waals surface area contributed by atoms with E-state index in [1.54, 1.807) is 19.1 Å². The summed E-state index contributed by atoms with van der Waals surface area (Å²) in [5.74, 6) is -0.654. The van der Waals surface area contributed by atoms with Gasteiger partial charge in [-0.1, -0.05) is 24.3 Å². The van der Waals surface area contributed by atoms with Gasteiger partial charge in [-0.2, -0.15) is 17.6 Å². The molecule has 2 rings (SSSR count). The molecule has 0 spiro atoms. The third-order valence-electron chi connectivity index (χ3n) is 3.79. The van der Waals surface area contributed by atoms with Gasteiger partial charge in [-0.25, -0.2) is 0 Å². The predicted molar refractivity (Wildman–Crippen MR) is 98.3 cm³/mol. The van der Waals surface area contributed by atoms with Crippen molar-refractivity contribution in [2.24, 2.45) is 0 Å². The molecule has 0 bridgehead atoms. The first-order valence-corrected chi connectivity index (χ1v) is 8.45. The first-order chi connectivity index (χ1) is 13.8. The van der Waals surface area contributed by atoms with Crippen LogP contribution in [-0.2, 0) is 4.79 Å². The highest BCUT2D eigenvalue weighted by Gasteiger charge is 2.15. The van der Waals surface area contributed by atoms with E-state index in [-0.39, 0.29) is 22.8 Å². The maximum absolute atomic E-state index is 12.6. The predicted octanol–water partition coefficient (Wildman–Crippen LogP) is 4.79. The minimum Gasteiger partial charge on any atom is -0.493 e. The maximum atomic E-state index is 12.6. The quantitative estimate of drug-likeness (QED) is 0.475. The third kappa shape index (κ3) is 6.70. The van der Waals surface area contributed by atoms with Gasteiger partial charge in [-0.15, -0.1) is 0 Å². The van der Waals surface area contributed by atoms with E-state index in [4.69, 9.17) is 4.74 Å². The van der Waals surface area contributed by atoms with E-state index in [1.807, 2.05) is 0 Å². The van der Waals surface area contributed by atoms with Gasteiger partial charge in [-0.05, 0) is 36.8 Å². The molecule has 1 atom stereocenters. The number of alkyl halides is 4. The van der Waals surface area contributed by atoms with Gasteiger partial charge in [-0.3, -0.25) is 4.79 Å². The van der Waals surface area contributed by atoms with Crippen LogP contribution in [0.4, 0.5) is 17.6 Å². The van der Waals surface area contributed by atoms with Crippen molar-refractivity contribution >= 4 is 12.0 Å². The number of methoxy groups -OCH3 is 1. The highest BCUT2D eigenvalue weighted by Crippen LogP contribution is 2.33. The van der Waals surface area contributed by atoms with E-state index in [9.17, 15) is 22.4 Å². The van der Waals surface area contributed by atoms with Crippen LogP contribution in [0.1, 0.15) is 24.1 Å². The fraction of sp³-hybridized carbons (Fsp3) is 0.250. The molecule has 9 heteroatoms. The summed E-state index contributed by atoms with van der Waals surface area (Å²) >= 11 is 0. The van der Waals surface area contributed by atoms with Gasteiger partial charge in [0.15, 0.2) is 11.5 Å². The Bertz CT molecular complexity index is 858. The molecule has 0 saturated carbocycles. The van der Waals surface area contributed by atoms with Gasteiger partial charge in [0.25, 0.3) is 0 Å². The van der Waals surface area contributed by atoms with E-state index >= 15 is 0 Å². The molecule has 2 aromatic carbocycles. The molecule has 0 aliphatic rings. The second kappa shape index (κ2) is 10.4. The minimum atomic E-state index is -3.06. The Morgan fingerprint density at radius 1 is 1.03 bits per heavy atom. The first kappa shape index (κ1) is 22.1. The summed E-state index contributed by atoms with van der Waals surface area (Å²) in [7, 11) is 1.31. The smallest absolute Gasteiger partial charge is 0.387 e. The van der Waals surface area contributed by atoms with Gasteiger partial charge in [0.05, 0.1) is 13.2 Å². The number of para-hydroxylation sites is 1. The lowest BCUT2D eigenvalue weighted by molar-refractivity contribution is -0.117. The summed E-state index contributed by atoms with van der Waals surface area (Å²) in [6, 6.07) is 9.90. The molecule has 5 nitrogen and oxygen atoms in total. The Morgan fingerprint density at radius 2 is 1.72 bits per heavy atom. The van der Waals surface area contributed by atoms with E-state index < -0.39 is 25.2 Å². The Morgan fingerprint density at radius 3 is 2.38 bits per heavy atom. The SMILES string of the molecule is COc1cccc(/C=C/C(=O)NC(C)c2cccc(OC(F)F)c2)c1OC(F)F. The van der Waals surface area contributed by atoms with Crippen LogP contribution in [-0.4, -0.2) is 26.2 Å². The lowest BCUT2D eigenvalue weighted by Crippen LogP contribution is -2.24. The van der Waals surface area contributed by atoms with Crippen molar-refractivity contribution in [1.82, 2.24) is 5.32 Å². The summed E-state index contributed by atoms with van der Waals surface area (Å²) in [5, 5.41) is 2.65. The molecule has 0 fully saturated rings. The molecule has 0 heterocycles. The molecule has 29 heavy (non-hydrogen) atoms. The third-order valence-corrected chi connectivity index (χ3v) is 3.79. The molecule has 1 N–H and O–H groups in total. The van der Waals surface area contributed by atoms with Gasteiger partial charge in [0.1, 0.15) is 5.75 Å². The summed E-state index contributed by atoms with van der Waals surface area (Å²) in [4.78, 5) is 12.2. The van der Waals surface area contributed by atoms with E-state index in [0.29, 0.717) is 5.56 Å². The second-order valence-corrected chi connectivity index (χ2v) is 5.77. The van der Waals surface area contributed by atoms with Crippen molar-refractivity contribution in [1.29, 1.82) is 0 Å². The number of hydrogen-bond donors (Lipinski definition) is 1. The van der Waals surface area contributed by atoms with E-state index in [0.717, 1.165) is 6.08 Å². The number of amides is 1. The lowest BCUT2D eigenvalue weighted by Gasteiger charge is -2.15. The van der Waals surface area contributed by atoms with Crippen molar-refractivity contribution < 1.29 is 36.6 Å². The first-order valence-electron chi connectivity index (χ1n) is 8.45. The summed E-state index contributed by atoms with van der Waals surface area (Å²) < 4.78 is 63.8. The lowest BCUT2D eigenvalue weighted by atomic mass is 10.1. The number of ether oxygens (including phenoxy) is 3. The number of hydrogen-bond acceptors (Lipinski definition) is 4. The Hall–Kier alpha value is -3.23. The molecular formula is C20H19F4NO4. The zero-order valence-electron chi connectivity index (χ0n) is 15.6. The molecule has 0 aliphatic heterocycles. The number of carbonyl (C=O) groups excluding carboxylic acids is 1. The van der Waals surface area contributed by atoms with Crippen LogP contribution in [0, 0.1) is 0 Å². The van der Waals surface area contributed by atoms with Crippen molar-refractivity contribution in [3.63, 3.8) is 0 Å². The van der Waals surface area contributed by atoms with Crippen LogP contribution < -0.4 is 19.5 Å². The average Bonchev–Trinajstić information content (AvgIpc) is 2.66. The number of benzene rings is 2. The molecule has 0 aliphatic carbocycles. The van der Waals surface area contributed by atoms with Crippen molar-refractivity contribution in [3.05, 3.63) is 59.7 Å². The molecule has 0 aromatic heterocycles. The molecule has 156 valence electrons. The topological polar surface area (TPSA) is 56.8 Å². The van der Waals surface area contributed by atoms with Gasteiger partial charge in [0, 0.05) is 11.6 Å². The minimum absolute atomic E-state index is 0.0284. The summed E-state index contributed by atoms with van der Waals surface area (Å²) in [6.07, 6.45) is 2.45. The zero-order chi connectivity index (χ0) is 21.4. The maximum Gasteiger partial charge on any atom is 0.387 e. The second-order valence-electron chi connectivity index (χ2n) is 5.77. The molecule has 1 unspecified atom stereocenters. The number of carbonyl (C=O) groups is 1. The van der Waals surface area contributed by atoms with Crippen LogP contribution in [0.15, 0.2) is 48.5 Å². The van der Waals surface area contributed by atoms with Crippen molar-refractivity contribution in [2.45, 2.75) is 26.2 Å². The average molecular weight is 413 g/mol. The van der Waals surface area contributed by atoms with Crippen LogP contribution in [0.25, 0.3) is 6.08 Å². The fourth-order valence-corrected chi connectivity index (χ4v) is 2.51. The zero-order valence-corrected chi connectivity index (χ0v) is 15.6. The van der Waals surface area contributed by atoms with Crippen molar-refractivity contribution in [3.8, 4) is 17.2 Å². The number of rotatable bonds is 9. The number of halogens is 4. The Balaban J connectivity index is 2.10. The van der Waals surface area contributed by atoms with Gasteiger partial charge in [0.2, 0.25) is 5.91 Å². The monoisotopic (exact) mass is 413 g/mol. The van der Waals surface area contributed by atoms with E-state index in [2.05, 4.69) is 14.8 Å². The summed E-state index contributed by atoms with van der Waals surface area (Å²) in [6.45, 7) is -4.36. The molecular weight excluding hydrogens is 394 g/mol. The van der Waals surface area contributed by atoms with Crippen LogP contribution in [0.2, 0.25) is 0 Å². The van der Waals surface area contributed by atoms with Crippen LogP contribution in [0.5, 0.6) is 17.2 Å². The fourth-order valence-electron chi connectivity index (χ4n) is 2.51. The number of nitrogens with one attached hydrogen (secondary N) is 1. The normalized spacial score (nSPS) is 12.3. The molecule has 1 amide bonds. The molecule has 0 radical (unpaired) electrons. The van der Waals surface area contributed by atoms with E-state index in [1.165, 1.54) is 43.5 Å². The van der Waals surface area contributed by atoms with Crippen molar-refractivity contribution in [2.75, 3.05) is 7.11 Å².